The van der Waals surface area contributed by atoms with Gasteiger partial charge in [-0.1, -0.05) is 80.6 Å². The molecule has 0 atom stereocenters. The first kappa shape index (κ1) is 20.7. The minimum Gasteiger partial charge on any atom is -0.491 e. The van der Waals surface area contributed by atoms with Crippen molar-refractivity contribution in [2.24, 2.45) is 0 Å². The molecule has 150 valence electrons. The molecule has 1 amide bonds. The van der Waals surface area contributed by atoms with Gasteiger partial charge in [-0.15, -0.1) is 0 Å². The van der Waals surface area contributed by atoms with Crippen LogP contribution in [0.2, 0.25) is 0 Å². The molecule has 3 heteroatoms. The predicted octanol–water partition coefficient (Wildman–Crippen LogP) is 5.40. The van der Waals surface area contributed by atoms with Crippen LogP contribution in [0, 0.1) is 0 Å². The van der Waals surface area contributed by atoms with Gasteiger partial charge in [0.25, 0.3) is 5.91 Å². The molecule has 0 aromatic heterocycles. The Labute approximate surface area is 173 Å². The van der Waals surface area contributed by atoms with E-state index in [4.69, 9.17) is 4.74 Å². The summed E-state index contributed by atoms with van der Waals surface area (Å²) in [4.78, 5) is 12.7. The lowest BCUT2D eigenvalue weighted by Crippen LogP contribution is -2.29. The van der Waals surface area contributed by atoms with Crippen molar-refractivity contribution in [3.63, 3.8) is 0 Å². The number of nitrogens with one attached hydrogen (secondary N) is 1. The Bertz CT molecular complexity index is 919. The number of amides is 1. The van der Waals surface area contributed by atoms with Crippen molar-refractivity contribution in [1.82, 2.24) is 5.32 Å². The molecule has 0 aliphatic carbocycles. The standard InChI is InChI=1S/C26H29NO2/c1-20(2)23-13-8-9-15-25(23)29-19-18-27-26(28)24-14-7-6-12-22(24)17-16-21-10-4-3-5-11-21/h3-15,20H,16-19H2,1-2H3,(H,27,28). The van der Waals surface area contributed by atoms with Crippen molar-refractivity contribution in [1.29, 1.82) is 0 Å². The van der Waals surface area contributed by atoms with Crippen LogP contribution in [0.15, 0.2) is 78.9 Å². The average Bonchev–Trinajstić information content (AvgIpc) is 2.76. The van der Waals surface area contributed by atoms with Crippen molar-refractivity contribution in [2.75, 3.05) is 13.2 Å². The van der Waals surface area contributed by atoms with Gasteiger partial charge in [-0.25, -0.2) is 0 Å². The zero-order valence-corrected chi connectivity index (χ0v) is 17.2. The number of hydrogen-bond acceptors (Lipinski definition) is 2. The van der Waals surface area contributed by atoms with E-state index in [0.717, 1.165) is 29.7 Å². The van der Waals surface area contributed by atoms with Crippen molar-refractivity contribution in [3.05, 3.63) is 101 Å². The normalized spacial score (nSPS) is 10.7. The highest BCUT2D eigenvalue weighted by Crippen LogP contribution is 2.25. The van der Waals surface area contributed by atoms with Gasteiger partial charge in [0.2, 0.25) is 0 Å². The van der Waals surface area contributed by atoms with Gasteiger partial charge in [0.05, 0.1) is 6.54 Å². The summed E-state index contributed by atoms with van der Waals surface area (Å²) in [6, 6.07) is 26.3. The van der Waals surface area contributed by atoms with E-state index >= 15 is 0 Å². The molecule has 0 bridgehead atoms. The Morgan fingerprint density at radius 3 is 2.34 bits per heavy atom. The summed E-state index contributed by atoms with van der Waals surface area (Å²) in [6.07, 6.45) is 1.76. The summed E-state index contributed by atoms with van der Waals surface area (Å²) in [6.45, 7) is 5.21. The van der Waals surface area contributed by atoms with E-state index in [1.165, 1.54) is 11.1 Å². The number of carbonyl (C=O) groups is 1. The highest BCUT2D eigenvalue weighted by atomic mass is 16.5. The van der Waals surface area contributed by atoms with Crippen molar-refractivity contribution >= 4 is 5.91 Å². The Morgan fingerprint density at radius 1 is 0.862 bits per heavy atom. The lowest BCUT2D eigenvalue weighted by Gasteiger charge is -2.14. The third kappa shape index (κ3) is 5.95. The molecule has 3 aromatic carbocycles. The Morgan fingerprint density at radius 2 is 1.55 bits per heavy atom. The Kier molecular flexibility index (Phi) is 7.46. The van der Waals surface area contributed by atoms with Gasteiger partial charge in [-0.3, -0.25) is 4.79 Å². The molecule has 0 saturated carbocycles. The Hall–Kier alpha value is -3.07. The fraction of sp³-hybridized carbons (Fsp3) is 0.269. The van der Waals surface area contributed by atoms with Crippen LogP contribution < -0.4 is 10.1 Å². The van der Waals surface area contributed by atoms with E-state index in [0.29, 0.717) is 19.1 Å². The van der Waals surface area contributed by atoms with Crippen LogP contribution in [0.1, 0.15) is 46.8 Å². The number of hydrogen-bond donors (Lipinski definition) is 1. The molecule has 29 heavy (non-hydrogen) atoms. The van der Waals surface area contributed by atoms with E-state index in [-0.39, 0.29) is 5.91 Å². The summed E-state index contributed by atoms with van der Waals surface area (Å²) in [7, 11) is 0. The van der Waals surface area contributed by atoms with Gasteiger partial charge >= 0.3 is 0 Å². The first-order chi connectivity index (χ1) is 14.1. The van der Waals surface area contributed by atoms with Crippen LogP contribution in [0.3, 0.4) is 0 Å². The first-order valence-electron chi connectivity index (χ1n) is 10.3. The summed E-state index contributed by atoms with van der Waals surface area (Å²) in [5.74, 6) is 1.24. The van der Waals surface area contributed by atoms with E-state index in [1.807, 2.05) is 60.7 Å². The topological polar surface area (TPSA) is 38.3 Å². The molecule has 3 aromatic rings. The van der Waals surface area contributed by atoms with Crippen LogP contribution in [0.25, 0.3) is 0 Å². The fourth-order valence-electron chi connectivity index (χ4n) is 3.39. The van der Waals surface area contributed by atoms with E-state index in [9.17, 15) is 4.79 Å². The fourth-order valence-corrected chi connectivity index (χ4v) is 3.39. The van der Waals surface area contributed by atoms with Gasteiger partial charge in [0.1, 0.15) is 12.4 Å². The minimum atomic E-state index is -0.0468. The van der Waals surface area contributed by atoms with Crippen molar-refractivity contribution in [2.45, 2.75) is 32.6 Å². The van der Waals surface area contributed by atoms with Gasteiger partial charge < -0.3 is 10.1 Å². The van der Waals surface area contributed by atoms with Crippen LogP contribution in [0.4, 0.5) is 0 Å². The molecule has 0 aliphatic heterocycles. The average molecular weight is 388 g/mol. The van der Waals surface area contributed by atoms with E-state index < -0.39 is 0 Å². The van der Waals surface area contributed by atoms with E-state index in [2.05, 4.69) is 37.4 Å². The zero-order valence-electron chi connectivity index (χ0n) is 17.2. The molecule has 0 aliphatic rings. The molecule has 0 fully saturated rings. The van der Waals surface area contributed by atoms with Crippen LogP contribution >= 0.6 is 0 Å². The molecular formula is C26H29NO2. The molecular weight excluding hydrogens is 358 g/mol. The minimum absolute atomic E-state index is 0.0468. The van der Waals surface area contributed by atoms with Crippen molar-refractivity contribution in [3.8, 4) is 5.75 Å². The number of rotatable bonds is 9. The molecule has 3 rings (SSSR count). The monoisotopic (exact) mass is 387 g/mol. The van der Waals surface area contributed by atoms with Gasteiger partial charge in [0, 0.05) is 5.56 Å². The second kappa shape index (κ2) is 10.5. The Balaban J connectivity index is 1.53. The molecule has 0 unspecified atom stereocenters. The van der Waals surface area contributed by atoms with E-state index in [1.54, 1.807) is 0 Å². The molecule has 0 spiro atoms. The summed E-state index contributed by atoms with van der Waals surface area (Å²) in [5.41, 5.74) is 4.27. The molecule has 3 nitrogen and oxygen atoms in total. The van der Waals surface area contributed by atoms with Crippen LogP contribution in [-0.4, -0.2) is 19.1 Å². The largest absolute Gasteiger partial charge is 0.491 e. The zero-order chi connectivity index (χ0) is 20.5. The molecule has 1 N–H and O–H groups in total. The maximum absolute atomic E-state index is 12.7. The quantitative estimate of drug-likeness (QED) is 0.499. The predicted molar refractivity (Wildman–Crippen MR) is 119 cm³/mol. The second-order valence-corrected chi connectivity index (χ2v) is 7.44. The molecule has 0 radical (unpaired) electrons. The number of ether oxygens (including phenoxy) is 1. The first-order valence-corrected chi connectivity index (χ1v) is 10.3. The van der Waals surface area contributed by atoms with Crippen LogP contribution in [0.5, 0.6) is 5.75 Å². The lowest BCUT2D eigenvalue weighted by molar-refractivity contribution is 0.0946. The summed E-state index contributed by atoms with van der Waals surface area (Å²) >= 11 is 0. The van der Waals surface area contributed by atoms with Gasteiger partial charge in [-0.05, 0) is 47.6 Å². The maximum atomic E-state index is 12.7. The van der Waals surface area contributed by atoms with Crippen molar-refractivity contribution < 1.29 is 9.53 Å². The van der Waals surface area contributed by atoms with Gasteiger partial charge in [-0.2, -0.15) is 0 Å². The smallest absolute Gasteiger partial charge is 0.251 e. The lowest BCUT2D eigenvalue weighted by atomic mass is 9.99. The maximum Gasteiger partial charge on any atom is 0.251 e. The summed E-state index contributed by atoms with van der Waals surface area (Å²) < 4.78 is 5.91. The number of aryl methyl sites for hydroxylation is 2. The highest BCUT2D eigenvalue weighted by Gasteiger charge is 2.11. The third-order valence-electron chi connectivity index (χ3n) is 4.97. The molecule has 0 heterocycles. The molecule has 0 saturated heterocycles. The highest BCUT2D eigenvalue weighted by molar-refractivity contribution is 5.95. The van der Waals surface area contributed by atoms with Crippen LogP contribution in [-0.2, 0) is 12.8 Å². The third-order valence-corrected chi connectivity index (χ3v) is 4.97. The second-order valence-electron chi connectivity index (χ2n) is 7.44. The van der Waals surface area contributed by atoms with Gasteiger partial charge in [0.15, 0.2) is 0 Å². The SMILES string of the molecule is CC(C)c1ccccc1OCCNC(=O)c1ccccc1CCc1ccccc1. The summed E-state index contributed by atoms with van der Waals surface area (Å²) in [5, 5.41) is 2.99. The number of para-hydroxylation sites is 1. The number of carbonyl (C=O) groups excluding carboxylic acids is 1. The number of benzene rings is 3.